The topological polar surface area (TPSA) is 84.6 Å². The molecule has 1 aromatic carbocycles. The van der Waals surface area contributed by atoms with E-state index in [0.717, 1.165) is 19.3 Å². The maximum absolute atomic E-state index is 12.0. The van der Waals surface area contributed by atoms with E-state index in [2.05, 4.69) is 5.32 Å². The fourth-order valence-electron chi connectivity index (χ4n) is 2.46. The first-order valence-electron chi connectivity index (χ1n) is 6.51. The second-order valence-corrected chi connectivity index (χ2v) is 4.93. The van der Waals surface area contributed by atoms with Crippen molar-refractivity contribution in [3.05, 3.63) is 23.8 Å². The molecular formula is C14H20N2O3. The van der Waals surface area contributed by atoms with Crippen LogP contribution in [0.1, 0.15) is 29.6 Å². The molecular weight excluding hydrogens is 244 g/mol. The molecule has 0 spiro atoms. The van der Waals surface area contributed by atoms with Crippen LogP contribution in [0.25, 0.3) is 0 Å². The van der Waals surface area contributed by atoms with Crippen LogP contribution in [0, 0.1) is 5.92 Å². The van der Waals surface area contributed by atoms with Crippen molar-refractivity contribution >= 4 is 11.6 Å². The van der Waals surface area contributed by atoms with Crippen LogP contribution in [0.2, 0.25) is 0 Å². The monoisotopic (exact) mass is 264 g/mol. The van der Waals surface area contributed by atoms with Crippen LogP contribution in [-0.2, 0) is 0 Å². The smallest absolute Gasteiger partial charge is 0.251 e. The number of aliphatic hydroxyl groups excluding tert-OH is 1. The first-order valence-corrected chi connectivity index (χ1v) is 6.51. The Hall–Kier alpha value is -1.75. The van der Waals surface area contributed by atoms with Crippen LogP contribution in [0.15, 0.2) is 18.2 Å². The van der Waals surface area contributed by atoms with E-state index >= 15 is 0 Å². The molecule has 1 aliphatic carbocycles. The Morgan fingerprint density at radius 3 is 2.89 bits per heavy atom. The number of hydrogen-bond donors (Lipinski definition) is 3. The van der Waals surface area contributed by atoms with E-state index in [-0.39, 0.29) is 17.9 Å². The largest absolute Gasteiger partial charge is 0.495 e. The summed E-state index contributed by atoms with van der Waals surface area (Å²) in [6.45, 7) is 0.506. The molecule has 4 N–H and O–H groups in total. The summed E-state index contributed by atoms with van der Waals surface area (Å²) < 4.78 is 5.05. The molecule has 1 aliphatic rings. The molecule has 1 fully saturated rings. The lowest BCUT2D eigenvalue weighted by Gasteiger charge is -2.15. The highest BCUT2D eigenvalue weighted by atomic mass is 16.5. The number of ether oxygens (including phenoxy) is 1. The molecule has 1 amide bonds. The zero-order valence-electron chi connectivity index (χ0n) is 11.1. The molecule has 2 atom stereocenters. The van der Waals surface area contributed by atoms with Gasteiger partial charge in [0, 0.05) is 18.0 Å². The zero-order chi connectivity index (χ0) is 13.8. The summed E-state index contributed by atoms with van der Waals surface area (Å²) in [6, 6.07) is 4.95. The van der Waals surface area contributed by atoms with Crippen molar-refractivity contribution in [2.75, 3.05) is 19.4 Å². The third-order valence-electron chi connectivity index (χ3n) is 3.64. The van der Waals surface area contributed by atoms with Gasteiger partial charge in [-0.25, -0.2) is 0 Å². The van der Waals surface area contributed by atoms with Gasteiger partial charge < -0.3 is 20.9 Å². The molecule has 0 saturated heterocycles. The highest BCUT2D eigenvalue weighted by Gasteiger charge is 2.25. The van der Waals surface area contributed by atoms with Crippen molar-refractivity contribution in [1.29, 1.82) is 0 Å². The number of amides is 1. The predicted octanol–water partition coefficient (Wildman–Crippen LogP) is 1.17. The van der Waals surface area contributed by atoms with Gasteiger partial charge in [0.05, 0.1) is 18.9 Å². The van der Waals surface area contributed by atoms with E-state index in [1.165, 1.54) is 7.11 Å². The molecule has 5 heteroatoms. The van der Waals surface area contributed by atoms with Crippen molar-refractivity contribution in [3.63, 3.8) is 0 Å². The summed E-state index contributed by atoms with van der Waals surface area (Å²) in [5, 5.41) is 12.5. The van der Waals surface area contributed by atoms with Gasteiger partial charge in [0.25, 0.3) is 5.91 Å². The summed E-state index contributed by atoms with van der Waals surface area (Å²) >= 11 is 0. The minimum Gasteiger partial charge on any atom is -0.495 e. The van der Waals surface area contributed by atoms with Crippen LogP contribution >= 0.6 is 0 Å². The SMILES string of the molecule is COc1ccc(C(=O)NCC2CCCC2O)cc1N. The average molecular weight is 264 g/mol. The number of aliphatic hydroxyl groups is 1. The molecule has 2 unspecified atom stereocenters. The molecule has 0 aliphatic heterocycles. The summed E-state index contributed by atoms with van der Waals surface area (Å²) in [7, 11) is 1.53. The number of carbonyl (C=O) groups excluding carboxylic acids is 1. The van der Waals surface area contributed by atoms with Crippen LogP contribution in [0.3, 0.4) is 0 Å². The molecule has 0 bridgehead atoms. The Bertz CT molecular complexity index is 462. The summed E-state index contributed by atoms with van der Waals surface area (Å²) in [5.41, 5.74) is 6.71. The Kier molecular flexibility index (Phi) is 4.27. The quantitative estimate of drug-likeness (QED) is 0.713. The van der Waals surface area contributed by atoms with Gasteiger partial charge in [-0.3, -0.25) is 4.79 Å². The number of benzene rings is 1. The second kappa shape index (κ2) is 5.93. The van der Waals surface area contributed by atoms with Crippen molar-refractivity contribution in [2.24, 2.45) is 5.92 Å². The number of hydrogen-bond acceptors (Lipinski definition) is 4. The highest BCUT2D eigenvalue weighted by molar-refractivity contribution is 5.95. The van der Waals surface area contributed by atoms with Crippen LogP contribution < -0.4 is 15.8 Å². The number of nitrogens with two attached hydrogens (primary N) is 1. The maximum Gasteiger partial charge on any atom is 0.251 e. The number of anilines is 1. The highest BCUT2D eigenvalue weighted by Crippen LogP contribution is 2.25. The van der Waals surface area contributed by atoms with Gasteiger partial charge in [-0.1, -0.05) is 6.42 Å². The Morgan fingerprint density at radius 2 is 2.32 bits per heavy atom. The average Bonchev–Trinajstić information content (AvgIpc) is 2.81. The van der Waals surface area contributed by atoms with Crippen molar-refractivity contribution in [2.45, 2.75) is 25.4 Å². The van der Waals surface area contributed by atoms with Gasteiger partial charge >= 0.3 is 0 Å². The lowest BCUT2D eigenvalue weighted by atomic mass is 10.1. The summed E-state index contributed by atoms with van der Waals surface area (Å²) in [5.74, 6) is 0.552. The van der Waals surface area contributed by atoms with E-state index in [1.54, 1.807) is 18.2 Å². The molecule has 0 aromatic heterocycles. The molecule has 19 heavy (non-hydrogen) atoms. The van der Waals surface area contributed by atoms with Crippen LogP contribution in [0.5, 0.6) is 5.75 Å². The van der Waals surface area contributed by atoms with Gasteiger partial charge in [0.1, 0.15) is 5.75 Å². The minimum absolute atomic E-state index is 0.166. The lowest BCUT2D eigenvalue weighted by Crippen LogP contribution is -2.32. The molecule has 0 radical (unpaired) electrons. The molecule has 0 heterocycles. The number of nitrogen functional groups attached to an aromatic ring is 1. The number of methoxy groups -OCH3 is 1. The van der Waals surface area contributed by atoms with E-state index in [4.69, 9.17) is 10.5 Å². The van der Waals surface area contributed by atoms with Crippen LogP contribution in [-0.4, -0.2) is 30.8 Å². The van der Waals surface area contributed by atoms with Crippen molar-refractivity contribution in [1.82, 2.24) is 5.32 Å². The zero-order valence-corrected chi connectivity index (χ0v) is 11.1. The Morgan fingerprint density at radius 1 is 1.53 bits per heavy atom. The van der Waals surface area contributed by atoms with E-state index in [0.29, 0.717) is 23.5 Å². The normalized spacial score (nSPS) is 22.2. The fourth-order valence-corrected chi connectivity index (χ4v) is 2.46. The molecule has 2 rings (SSSR count). The molecule has 1 saturated carbocycles. The summed E-state index contributed by atoms with van der Waals surface area (Å²) in [6.07, 6.45) is 2.53. The first-order chi connectivity index (χ1) is 9.11. The number of rotatable bonds is 4. The third kappa shape index (κ3) is 3.17. The lowest BCUT2D eigenvalue weighted by molar-refractivity contribution is 0.0917. The molecule has 1 aromatic rings. The molecule has 104 valence electrons. The van der Waals surface area contributed by atoms with Crippen molar-refractivity contribution < 1.29 is 14.6 Å². The van der Waals surface area contributed by atoms with Crippen LogP contribution in [0.4, 0.5) is 5.69 Å². The number of nitrogens with one attached hydrogen (secondary N) is 1. The van der Waals surface area contributed by atoms with Crippen molar-refractivity contribution in [3.8, 4) is 5.75 Å². The third-order valence-corrected chi connectivity index (χ3v) is 3.64. The number of carbonyl (C=O) groups is 1. The minimum atomic E-state index is -0.291. The van der Waals surface area contributed by atoms with Gasteiger partial charge in [-0.05, 0) is 31.0 Å². The molecule has 5 nitrogen and oxygen atoms in total. The van der Waals surface area contributed by atoms with Gasteiger partial charge in [0.2, 0.25) is 0 Å². The van der Waals surface area contributed by atoms with Gasteiger partial charge in [0.15, 0.2) is 0 Å². The Balaban J connectivity index is 1.94. The van der Waals surface area contributed by atoms with E-state index in [1.807, 2.05) is 0 Å². The fraction of sp³-hybridized carbons (Fsp3) is 0.500. The standard InChI is InChI=1S/C14H20N2O3/c1-19-13-6-5-9(7-11(13)15)14(18)16-8-10-3-2-4-12(10)17/h5-7,10,12,17H,2-4,8,15H2,1H3,(H,16,18). The van der Waals surface area contributed by atoms with Gasteiger partial charge in [-0.15, -0.1) is 0 Å². The van der Waals surface area contributed by atoms with Gasteiger partial charge in [-0.2, -0.15) is 0 Å². The maximum atomic E-state index is 12.0. The predicted molar refractivity (Wildman–Crippen MR) is 73.1 cm³/mol. The first kappa shape index (κ1) is 13.7. The Labute approximate surface area is 112 Å². The van der Waals surface area contributed by atoms with E-state index in [9.17, 15) is 9.90 Å². The summed E-state index contributed by atoms with van der Waals surface area (Å²) in [4.78, 5) is 12.0. The second-order valence-electron chi connectivity index (χ2n) is 4.93. The van der Waals surface area contributed by atoms with E-state index < -0.39 is 0 Å².